The molecule has 0 aliphatic carbocycles. The molecule has 0 bridgehead atoms. The van der Waals surface area contributed by atoms with Gasteiger partial charge in [-0.25, -0.2) is 0 Å². The lowest BCUT2D eigenvalue weighted by molar-refractivity contribution is 0.487. The van der Waals surface area contributed by atoms with Crippen LogP contribution in [-0.4, -0.2) is 13.4 Å². The first-order chi connectivity index (χ1) is 57.8. The van der Waals surface area contributed by atoms with Gasteiger partial charge in [0.2, 0.25) is 6.71 Å². The molecular weight excluding hydrogens is 1450 g/mol. The van der Waals surface area contributed by atoms with Crippen LogP contribution in [0.3, 0.4) is 0 Å². The SMILES string of the molecule is CC(C)(C)c1ccc(-c2cccc(-c3ccc(C(C)(C)C)cc3)c2N2c3cc4c(cc3B3c5ccccc5Oc5cc(N(c6ccc(-c7ccccc7)cc6)c6cccc(-c7ccccc7)c6)cc2c53)B2c3ccccc3N(c3ccccc3)c3cc(N(c5ccc(-c6ccccc6)cc5)c5cccc(-c6ccccc6)c5)cc(c32)S4)cc1. The molecule has 0 aromatic heterocycles. The Morgan fingerprint density at radius 2 is 0.669 bits per heavy atom. The van der Waals surface area contributed by atoms with Crippen LogP contribution in [0.1, 0.15) is 52.7 Å². The summed E-state index contributed by atoms with van der Waals surface area (Å²) in [6.07, 6.45) is 0. The van der Waals surface area contributed by atoms with Gasteiger partial charge >= 0.3 is 0 Å². The maximum absolute atomic E-state index is 7.68. The second-order valence-corrected chi connectivity index (χ2v) is 34.6. The molecule has 0 spiro atoms. The minimum Gasteiger partial charge on any atom is -0.458 e. The Balaban J connectivity index is 0.847. The molecular formula is C110H84B2N4OS. The number of ether oxygens (including phenoxy) is 1. The summed E-state index contributed by atoms with van der Waals surface area (Å²) in [5.74, 6) is 1.65. The molecule has 5 nitrogen and oxygen atoms in total. The summed E-state index contributed by atoms with van der Waals surface area (Å²) in [6.45, 7) is 13.4. The monoisotopic (exact) mass is 1530 g/mol. The van der Waals surface area contributed by atoms with Crippen molar-refractivity contribution in [2.75, 3.05) is 19.6 Å². The Kier molecular flexibility index (Phi) is 17.8. The normalized spacial score (nSPS) is 12.8. The molecule has 0 radical (unpaired) electrons. The maximum Gasteiger partial charge on any atom is 0.256 e. The lowest BCUT2D eigenvalue weighted by Gasteiger charge is -2.44. The van der Waals surface area contributed by atoms with Crippen molar-refractivity contribution < 1.29 is 4.74 Å². The van der Waals surface area contributed by atoms with Crippen LogP contribution in [0.2, 0.25) is 0 Å². The summed E-state index contributed by atoms with van der Waals surface area (Å²) in [4.78, 5) is 12.5. The van der Waals surface area contributed by atoms with Gasteiger partial charge in [0, 0.05) is 83.9 Å². The van der Waals surface area contributed by atoms with Crippen molar-refractivity contribution in [3.05, 3.63) is 412 Å². The zero-order valence-corrected chi connectivity index (χ0v) is 67.7. The molecule has 118 heavy (non-hydrogen) atoms. The fraction of sp³-hybridized carbons (Fsp3) is 0.0727. The first-order valence-electron chi connectivity index (χ1n) is 41.1. The van der Waals surface area contributed by atoms with E-state index in [1.54, 1.807) is 0 Å². The second-order valence-electron chi connectivity index (χ2n) is 33.6. The summed E-state index contributed by atoms with van der Waals surface area (Å²) in [6, 6.07) is 149. The zero-order valence-electron chi connectivity index (χ0n) is 66.9. The highest BCUT2D eigenvalue weighted by atomic mass is 32.2. The second kappa shape index (κ2) is 29.2. The zero-order chi connectivity index (χ0) is 79.3. The van der Waals surface area contributed by atoms with Crippen LogP contribution in [-0.2, 0) is 10.8 Å². The molecule has 0 atom stereocenters. The van der Waals surface area contributed by atoms with E-state index in [2.05, 4.69) is 462 Å². The van der Waals surface area contributed by atoms with Gasteiger partial charge in [0.15, 0.2) is 0 Å². The van der Waals surface area contributed by atoms with Crippen molar-refractivity contribution in [2.45, 2.75) is 62.2 Å². The summed E-state index contributed by atoms with van der Waals surface area (Å²) in [5.41, 5.74) is 36.1. The molecule has 17 aromatic rings. The Hall–Kier alpha value is -13.8. The van der Waals surface area contributed by atoms with Crippen LogP contribution in [0.25, 0.3) is 66.8 Å². The Bertz CT molecular complexity index is 6620. The average Bonchev–Trinajstić information content (AvgIpc) is 0.688. The molecule has 0 saturated carbocycles. The largest absolute Gasteiger partial charge is 0.458 e. The third kappa shape index (κ3) is 12.8. The third-order valence-electron chi connectivity index (χ3n) is 24.3. The van der Waals surface area contributed by atoms with Crippen molar-refractivity contribution in [3.63, 3.8) is 0 Å². The van der Waals surface area contributed by atoms with Gasteiger partial charge in [-0.3, -0.25) is 0 Å². The molecule has 4 heterocycles. The van der Waals surface area contributed by atoms with E-state index in [0.717, 1.165) is 152 Å². The summed E-state index contributed by atoms with van der Waals surface area (Å²) in [5, 5.41) is 0. The van der Waals surface area contributed by atoms with E-state index in [4.69, 9.17) is 4.74 Å². The van der Waals surface area contributed by atoms with E-state index in [-0.39, 0.29) is 24.3 Å². The Morgan fingerprint density at radius 1 is 0.254 bits per heavy atom. The molecule has 4 aliphatic heterocycles. The van der Waals surface area contributed by atoms with Crippen LogP contribution >= 0.6 is 11.8 Å². The Morgan fingerprint density at radius 3 is 1.19 bits per heavy atom. The van der Waals surface area contributed by atoms with Gasteiger partial charge < -0.3 is 24.3 Å². The fourth-order valence-electron chi connectivity index (χ4n) is 18.4. The van der Waals surface area contributed by atoms with E-state index in [9.17, 15) is 0 Å². The minimum absolute atomic E-state index is 0.0710. The van der Waals surface area contributed by atoms with Crippen molar-refractivity contribution in [1.82, 2.24) is 0 Å². The average molecular weight is 1530 g/mol. The first-order valence-corrected chi connectivity index (χ1v) is 41.9. The van der Waals surface area contributed by atoms with Crippen LogP contribution in [0.4, 0.5) is 68.2 Å². The number of anilines is 12. The quantitative estimate of drug-likeness (QED) is 0.101. The highest BCUT2D eigenvalue weighted by Gasteiger charge is 2.48. The predicted octanol–water partition coefficient (Wildman–Crippen LogP) is 26.4. The lowest BCUT2D eigenvalue weighted by atomic mass is 9.31. The highest BCUT2D eigenvalue weighted by Crippen LogP contribution is 2.54. The number of hydrogen-bond acceptors (Lipinski definition) is 6. The van der Waals surface area contributed by atoms with Gasteiger partial charge in [-0.2, -0.15) is 0 Å². The van der Waals surface area contributed by atoms with Crippen LogP contribution in [0.5, 0.6) is 11.5 Å². The van der Waals surface area contributed by atoms with Gasteiger partial charge in [-0.1, -0.05) is 356 Å². The van der Waals surface area contributed by atoms with Crippen LogP contribution in [0, 0.1) is 0 Å². The van der Waals surface area contributed by atoms with Gasteiger partial charge in [0.05, 0.1) is 11.4 Å². The lowest BCUT2D eigenvalue weighted by Crippen LogP contribution is -2.63. The predicted molar refractivity (Wildman–Crippen MR) is 502 cm³/mol. The molecule has 562 valence electrons. The van der Waals surface area contributed by atoms with Crippen molar-refractivity contribution in [1.29, 1.82) is 0 Å². The molecule has 4 aliphatic rings. The molecule has 8 heteroatoms. The van der Waals surface area contributed by atoms with E-state index in [1.807, 2.05) is 11.8 Å². The van der Waals surface area contributed by atoms with Crippen molar-refractivity contribution >= 4 is 126 Å². The molecule has 21 rings (SSSR count). The third-order valence-corrected chi connectivity index (χ3v) is 25.4. The summed E-state index contributed by atoms with van der Waals surface area (Å²) >= 11 is 1.90. The maximum atomic E-state index is 7.68. The minimum atomic E-state index is -0.269. The number of para-hydroxylation sites is 4. The first kappa shape index (κ1) is 72.0. The van der Waals surface area contributed by atoms with Gasteiger partial charge in [0.1, 0.15) is 11.5 Å². The number of hydrogen-bond donors (Lipinski definition) is 0. The van der Waals surface area contributed by atoms with E-state index in [0.29, 0.717) is 0 Å². The van der Waals surface area contributed by atoms with Crippen molar-refractivity contribution in [3.8, 4) is 78.3 Å². The van der Waals surface area contributed by atoms with E-state index < -0.39 is 0 Å². The van der Waals surface area contributed by atoms with E-state index in [1.165, 1.54) is 48.3 Å². The summed E-state index contributed by atoms with van der Waals surface area (Å²) < 4.78 is 7.68. The molecule has 0 amide bonds. The fourth-order valence-corrected chi connectivity index (χ4v) is 19.6. The topological polar surface area (TPSA) is 22.2 Å². The van der Waals surface area contributed by atoms with Gasteiger partial charge in [-0.15, -0.1) is 0 Å². The smallest absolute Gasteiger partial charge is 0.256 e. The van der Waals surface area contributed by atoms with Gasteiger partial charge in [0.25, 0.3) is 6.71 Å². The number of fused-ring (bicyclic) bond motifs is 8. The highest BCUT2D eigenvalue weighted by molar-refractivity contribution is 8.00. The van der Waals surface area contributed by atoms with Crippen LogP contribution < -0.4 is 57.1 Å². The number of nitrogens with zero attached hydrogens (tertiary/aromatic N) is 4. The molecule has 0 fully saturated rings. The molecule has 17 aromatic carbocycles. The van der Waals surface area contributed by atoms with Gasteiger partial charge in [-0.05, 0) is 202 Å². The Labute approximate surface area is 697 Å². The molecule has 0 N–H and O–H groups in total. The number of benzene rings is 17. The molecule has 0 unspecified atom stereocenters. The number of rotatable bonds is 14. The molecule has 0 saturated heterocycles. The van der Waals surface area contributed by atoms with Crippen molar-refractivity contribution in [2.24, 2.45) is 0 Å². The van der Waals surface area contributed by atoms with E-state index >= 15 is 0 Å². The van der Waals surface area contributed by atoms with Crippen LogP contribution in [0.15, 0.2) is 410 Å². The standard InChI is InChI=1S/C110H84B2N4OS/c1-109(2,3)83-57-49-79(50-58-83)92-43-28-44-93(80-51-59-84(60-52-80)110(4,5)6)108(92)116-99-72-104-97(71-96(99)112-95-46-23-25-48-102(95)117-103-69-90(67-100(116)106(103)112)113(86-61-53-77(54-62-86)73-29-12-7-13-30-73)88-41-26-37-81(65-88)75-33-16-9-17-34-75)111-94-45-22-24-47-98(94)115(85-39-20-11-21-40-85)101-68-91(70-105(118-104)107(101)111)114(87-63-55-78(56-64-87)74-31-14-8-15-32-74)89-42-27-38-82(66-89)76-35-18-10-19-36-76/h7-72H,1-6H3. The summed E-state index contributed by atoms with van der Waals surface area (Å²) in [7, 11) is 0.